The number of anilines is 2. The summed E-state index contributed by atoms with van der Waals surface area (Å²) >= 11 is 6.23. The largest absolute Gasteiger partial charge is 0.345 e. The van der Waals surface area contributed by atoms with Crippen LogP contribution in [0.2, 0.25) is 5.02 Å². The molecule has 2 heterocycles. The first kappa shape index (κ1) is 16.8. The van der Waals surface area contributed by atoms with Crippen LogP contribution < -0.4 is 10.2 Å². The number of pyridine rings is 1. The average Bonchev–Trinajstić information content (AvgIpc) is 2.73. The van der Waals surface area contributed by atoms with Crippen LogP contribution in [0, 0.1) is 0 Å². The minimum absolute atomic E-state index is 0.0943. The van der Waals surface area contributed by atoms with Crippen molar-refractivity contribution < 1.29 is 4.79 Å². The van der Waals surface area contributed by atoms with E-state index in [2.05, 4.69) is 5.32 Å². The molecule has 1 aromatic heterocycles. The van der Waals surface area contributed by atoms with E-state index in [1.807, 2.05) is 84.9 Å². The SMILES string of the molecule is O=C1c2cc3ccccc3nc2N[C@@H](c2cccc(Cl)c2)N1c1ccccc1. The van der Waals surface area contributed by atoms with Crippen LogP contribution in [0.1, 0.15) is 22.1 Å². The highest BCUT2D eigenvalue weighted by Gasteiger charge is 2.35. The molecule has 4 aromatic rings. The normalized spacial score (nSPS) is 16.0. The summed E-state index contributed by atoms with van der Waals surface area (Å²) in [5, 5.41) is 5.00. The molecule has 1 atom stereocenters. The second kappa shape index (κ2) is 6.66. The number of hydrogen-bond acceptors (Lipinski definition) is 3. The topological polar surface area (TPSA) is 45.2 Å². The van der Waals surface area contributed by atoms with Crippen molar-refractivity contribution in [3.8, 4) is 0 Å². The zero-order chi connectivity index (χ0) is 19.1. The fraction of sp³-hybridized carbons (Fsp3) is 0.0435. The molecule has 5 rings (SSSR count). The highest BCUT2D eigenvalue weighted by molar-refractivity contribution is 6.30. The number of halogens is 1. The zero-order valence-electron chi connectivity index (χ0n) is 14.8. The van der Waals surface area contributed by atoms with Gasteiger partial charge >= 0.3 is 0 Å². The van der Waals surface area contributed by atoms with Crippen molar-refractivity contribution in [2.75, 3.05) is 10.2 Å². The first-order valence-electron chi connectivity index (χ1n) is 9.01. The summed E-state index contributed by atoms with van der Waals surface area (Å²) in [6, 6.07) is 26.9. The van der Waals surface area contributed by atoms with Gasteiger partial charge in [-0.1, -0.05) is 60.1 Å². The van der Waals surface area contributed by atoms with E-state index >= 15 is 0 Å². The number of hydrogen-bond donors (Lipinski definition) is 1. The van der Waals surface area contributed by atoms with Crippen molar-refractivity contribution in [3.63, 3.8) is 0 Å². The van der Waals surface area contributed by atoms with E-state index in [1.165, 1.54) is 0 Å². The van der Waals surface area contributed by atoms with Crippen LogP contribution in [0.4, 0.5) is 11.5 Å². The van der Waals surface area contributed by atoms with Crippen molar-refractivity contribution in [2.45, 2.75) is 6.17 Å². The molecule has 0 fully saturated rings. The number of para-hydroxylation sites is 2. The quantitative estimate of drug-likeness (QED) is 0.484. The lowest BCUT2D eigenvalue weighted by molar-refractivity contribution is 0.0974. The van der Waals surface area contributed by atoms with E-state index < -0.39 is 6.17 Å². The second-order valence-corrected chi connectivity index (χ2v) is 7.13. The molecule has 0 bridgehead atoms. The summed E-state index contributed by atoms with van der Waals surface area (Å²) in [4.78, 5) is 20.0. The van der Waals surface area contributed by atoms with Gasteiger partial charge in [-0.25, -0.2) is 4.98 Å². The molecule has 5 heteroatoms. The number of amides is 1. The van der Waals surface area contributed by atoms with Crippen LogP contribution in [-0.4, -0.2) is 10.9 Å². The summed E-state index contributed by atoms with van der Waals surface area (Å²) in [6.45, 7) is 0. The average molecular weight is 386 g/mol. The highest BCUT2D eigenvalue weighted by Crippen LogP contribution is 2.37. The summed E-state index contributed by atoms with van der Waals surface area (Å²) in [6.07, 6.45) is -0.408. The van der Waals surface area contributed by atoms with E-state index in [1.54, 1.807) is 4.90 Å². The third-order valence-electron chi connectivity index (χ3n) is 4.90. The van der Waals surface area contributed by atoms with E-state index in [0.29, 0.717) is 16.4 Å². The minimum Gasteiger partial charge on any atom is -0.345 e. The Morgan fingerprint density at radius 2 is 1.68 bits per heavy atom. The number of rotatable bonds is 2. The monoisotopic (exact) mass is 385 g/mol. The lowest BCUT2D eigenvalue weighted by Gasteiger charge is -2.37. The minimum atomic E-state index is -0.408. The molecule has 0 spiro atoms. The maximum atomic E-state index is 13.5. The summed E-state index contributed by atoms with van der Waals surface area (Å²) in [5.41, 5.74) is 3.11. The van der Waals surface area contributed by atoms with Gasteiger partial charge in [0.1, 0.15) is 12.0 Å². The molecule has 1 amide bonds. The Morgan fingerprint density at radius 1 is 0.893 bits per heavy atom. The Hall–Kier alpha value is -3.37. The van der Waals surface area contributed by atoms with Gasteiger partial charge in [0.25, 0.3) is 5.91 Å². The fourth-order valence-electron chi connectivity index (χ4n) is 3.59. The van der Waals surface area contributed by atoms with Crippen molar-refractivity contribution in [3.05, 3.63) is 101 Å². The van der Waals surface area contributed by atoms with E-state index in [0.717, 1.165) is 22.2 Å². The zero-order valence-corrected chi connectivity index (χ0v) is 15.6. The predicted molar refractivity (Wildman–Crippen MR) is 113 cm³/mol. The number of carbonyl (C=O) groups excluding carboxylic acids is 1. The molecule has 0 unspecified atom stereocenters. The van der Waals surface area contributed by atoms with E-state index in [4.69, 9.17) is 16.6 Å². The number of nitrogens with one attached hydrogen (secondary N) is 1. The molecule has 1 aliphatic rings. The van der Waals surface area contributed by atoms with Gasteiger partial charge in [-0.2, -0.15) is 0 Å². The van der Waals surface area contributed by atoms with Crippen LogP contribution >= 0.6 is 11.6 Å². The number of carbonyl (C=O) groups is 1. The van der Waals surface area contributed by atoms with Gasteiger partial charge in [0.15, 0.2) is 0 Å². The second-order valence-electron chi connectivity index (χ2n) is 6.69. The lowest BCUT2D eigenvalue weighted by Crippen LogP contribution is -2.43. The molecule has 0 radical (unpaired) electrons. The molecule has 1 aliphatic heterocycles. The number of aromatic nitrogens is 1. The van der Waals surface area contributed by atoms with Gasteiger partial charge < -0.3 is 5.32 Å². The maximum Gasteiger partial charge on any atom is 0.264 e. The molecule has 3 aromatic carbocycles. The summed E-state index contributed by atoms with van der Waals surface area (Å²) < 4.78 is 0. The van der Waals surface area contributed by atoms with Gasteiger partial charge in [0, 0.05) is 16.1 Å². The van der Waals surface area contributed by atoms with E-state index in [9.17, 15) is 4.79 Å². The molecule has 0 aliphatic carbocycles. The first-order valence-corrected chi connectivity index (χ1v) is 9.39. The van der Waals surface area contributed by atoms with Crippen LogP contribution in [0.25, 0.3) is 10.9 Å². The molecule has 4 nitrogen and oxygen atoms in total. The van der Waals surface area contributed by atoms with Gasteiger partial charge in [-0.05, 0) is 42.0 Å². The summed E-state index contributed by atoms with van der Waals surface area (Å²) in [7, 11) is 0. The standard InChI is InChI=1S/C23H16ClN3O/c24-17-9-6-8-16(13-17)22-26-21-19(14-15-7-4-5-12-20(15)25-21)23(28)27(22)18-10-2-1-3-11-18/h1-14,22H,(H,25,26)/t22-/m1/s1. The van der Waals surface area contributed by atoms with Gasteiger partial charge in [-0.3, -0.25) is 9.69 Å². The molecular weight excluding hydrogens is 370 g/mol. The maximum absolute atomic E-state index is 13.5. The smallest absolute Gasteiger partial charge is 0.264 e. The van der Waals surface area contributed by atoms with Crippen LogP contribution in [0.5, 0.6) is 0 Å². The van der Waals surface area contributed by atoms with Gasteiger partial charge in [0.2, 0.25) is 0 Å². The van der Waals surface area contributed by atoms with Crippen LogP contribution in [0.15, 0.2) is 84.9 Å². The number of nitrogens with zero attached hydrogens (tertiary/aromatic N) is 2. The number of benzene rings is 3. The molecule has 28 heavy (non-hydrogen) atoms. The third kappa shape index (κ3) is 2.79. The third-order valence-corrected chi connectivity index (χ3v) is 5.14. The molecule has 136 valence electrons. The molecule has 0 saturated carbocycles. The predicted octanol–water partition coefficient (Wildman–Crippen LogP) is 5.66. The van der Waals surface area contributed by atoms with Crippen LogP contribution in [-0.2, 0) is 0 Å². The van der Waals surface area contributed by atoms with Crippen molar-refractivity contribution in [1.29, 1.82) is 0 Å². The Kier molecular flexibility index (Phi) is 3.99. The van der Waals surface area contributed by atoms with E-state index in [-0.39, 0.29) is 5.91 Å². The molecular formula is C23H16ClN3O. The number of fused-ring (bicyclic) bond motifs is 2. The van der Waals surface area contributed by atoms with Crippen molar-refractivity contribution >= 4 is 39.9 Å². The Labute approximate surface area is 167 Å². The van der Waals surface area contributed by atoms with Gasteiger partial charge in [0.05, 0.1) is 11.1 Å². The van der Waals surface area contributed by atoms with Crippen LogP contribution in [0.3, 0.4) is 0 Å². The lowest BCUT2D eigenvalue weighted by atomic mass is 10.0. The van der Waals surface area contributed by atoms with Gasteiger partial charge in [-0.15, -0.1) is 0 Å². The summed E-state index contributed by atoms with van der Waals surface area (Å²) in [5.74, 6) is 0.490. The molecule has 0 saturated heterocycles. The Balaban J connectivity index is 1.71. The first-order chi connectivity index (χ1) is 13.7. The Morgan fingerprint density at radius 3 is 2.50 bits per heavy atom. The van der Waals surface area contributed by atoms with Crippen molar-refractivity contribution in [2.24, 2.45) is 0 Å². The Bertz CT molecular complexity index is 1190. The van der Waals surface area contributed by atoms with Crippen molar-refractivity contribution in [1.82, 2.24) is 4.98 Å². The fourth-order valence-corrected chi connectivity index (χ4v) is 3.79. The highest BCUT2D eigenvalue weighted by atomic mass is 35.5. The molecule has 1 N–H and O–H groups in total.